The third-order valence-corrected chi connectivity index (χ3v) is 3.75. The lowest BCUT2D eigenvalue weighted by atomic mass is 10.1. The Kier molecular flexibility index (Phi) is 4.19. The van der Waals surface area contributed by atoms with Crippen LogP contribution < -0.4 is 5.32 Å². The molecule has 0 aliphatic heterocycles. The highest BCUT2D eigenvalue weighted by atomic mass is 16.1. The van der Waals surface area contributed by atoms with Gasteiger partial charge in [0.15, 0.2) is 0 Å². The van der Waals surface area contributed by atoms with Crippen molar-refractivity contribution in [2.24, 2.45) is 0 Å². The highest BCUT2D eigenvalue weighted by Gasteiger charge is 2.11. The molecule has 0 saturated carbocycles. The molecule has 1 heterocycles. The lowest BCUT2D eigenvalue weighted by molar-refractivity contribution is 0.102. The number of hydrogen-bond donors (Lipinski definition) is 2. The first kappa shape index (κ1) is 14.3. The molecule has 3 aromatic rings. The summed E-state index contributed by atoms with van der Waals surface area (Å²) in [5, 5.41) is 10.7. The number of carbonyl (C=O) groups excluding carboxylic acids is 1. The molecule has 112 valence electrons. The lowest BCUT2D eigenvalue weighted by Gasteiger charge is -2.07. The second kappa shape index (κ2) is 6.43. The van der Waals surface area contributed by atoms with Crippen LogP contribution in [0, 0.1) is 0 Å². The van der Waals surface area contributed by atoms with Crippen molar-refractivity contribution in [3.05, 3.63) is 59.8 Å². The number of nitrogens with one attached hydrogen (secondary N) is 2. The summed E-state index contributed by atoms with van der Waals surface area (Å²) in [6.45, 7) is 2.19. The molecule has 22 heavy (non-hydrogen) atoms. The molecule has 0 aliphatic rings. The normalized spacial score (nSPS) is 10.8. The van der Waals surface area contributed by atoms with Gasteiger partial charge < -0.3 is 5.32 Å². The van der Waals surface area contributed by atoms with Gasteiger partial charge in [0.05, 0.1) is 17.3 Å². The van der Waals surface area contributed by atoms with E-state index in [1.807, 2.05) is 24.3 Å². The summed E-state index contributed by atoms with van der Waals surface area (Å²) in [4.78, 5) is 12.4. The molecule has 0 unspecified atom stereocenters. The van der Waals surface area contributed by atoms with Crippen LogP contribution in [0.2, 0.25) is 0 Å². The van der Waals surface area contributed by atoms with Crippen molar-refractivity contribution in [1.29, 1.82) is 0 Å². The molecule has 1 amide bonds. The first-order valence-electron chi connectivity index (χ1n) is 7.60. The van der Waals surface area contributed by atoms with E-state index in [1.54, 1.807) is 12.3 Å². The molecule has 1 aromatic heterocycles. The molecule has 2 N–H and O–H groups in total. The average molecular weight is 293 g/mol. The van der Waals surface area contributed by atoms with Crippen molar-refractivity contribution < 1.29 is 4.79 Å². The molecule has 0 radical (unpaired) electrons. The number of para-hydroxylation sites is 1. The number of unbranched alkanes of at least 4 members (excludes halogenated alkanes) is 1. The zero-order valence-corrected chi connectivity index (χ0v) is 12.6. The standard InChI is InChI=1S/C18H19N3O/c1-2-3-5-13-8-10-15(11-9-13)20-18(22)16-7-4-6-14-12-19-21-17(14)16/h4,6-12H,2-3,5H2,1H3,(H,19,21)(H,20,22). The Hall–Kier alpha value is -2.62. The van der Waals surface area contributed by atoms with E-state index in [2.05, 4.69) is 34.6 Å². The summed E-state index contributed by atoms with van der Waals surface area (Å²) in [7, 11) is 0. The van der Waals surface area contributed by atoms with E-state index in [0.29, 0.717) is 5.56 Å². The van der Waals surface area contributed by atoms with Crippen LogP contribution >= 0.6 is 0 Å². The number of benzene rings is 2. The average Bonchev–Trinajstić information content (AvgIpc) is 3.02. The van der Waals surface area contributed by atoms with Crippen molar-refractivity contribution in [1.82, 2.24) is 10.2 Å². The molecule has 4 nitrogen and oxygen atoms in total. The summed E-state index contributed by atoms with van der Waals surface area (Å²) in [5.41, 5.74) is 3.47. The van der Waals surface area contributed by atoms with Gasteiger partial charge in [-0.15, -0.1) is 0 Å². The number of H-pyrrole nitrogens is 1. The first-order valence-corrected chi connectivity index (χ1v) is 7.60. The second-order valence-electron chi connectivity index (χ2n) is 5.39. The number of nitrogens with zero attached hydrogens (tertiary/aromatic N) is 1. The number of fused-ring (bicyclic) bond motifs is 1. The van der Waals surface area contributed by atoms with Crippen LogP contribution in [-0.4, -0.2) is 16.1 Å². The Bertz CT molecular complexity index is 774. The number of amides is 1. The van der Waals surface area contributed by atoms with Gasteiger partial charge in [-0.1, -0.05) is 37.6 Å². The first-order chi connectivity index (χ1) is 10.8. The summed E-state index contributed by atoms with van der Waals surface area (Å²) >= 11 is 0. The SMILES string of the molecule is CCCCc1ccc(NC(=O)c2cccc3cn[nH]c23)cc1. The van der Waals surface area contributed by atoms with Crippen molar-refractivity contribution in [2.75, 3.05) is 5.32 Å². The molecule has 0 spiro atoms. The Labute approximate surface area is 129 Å². The molecule has 0 atom stereocenters. The Morgan fingerprint density at radius 3 is 2.77 bits per heavy atom. The Morgan fingerprint density at radius 1 is 1.18 bits per heavy atom. The minimum Gasteiger partial charge on any atom is -0.322 e. The molecular formula is C18H19N3O. The fourth-order valence-corrected chi connectivity index (χ4v) is 2.49. The monoisotopic (exact) mass is 293 g/mol. The summed E-state index contributed by atoms with van der Waals surface area (Å²) in [5.74, 6) is -0.129. The van der Waals surface area contributed by atoms with Gasteiger partial charge in [-0.2, -0.15) is 5.10 Å². The van der Waals surface area contributed by atoms with E-state index in [9.17, 15) is 4.79 Å². The number of rotatable bonds is 5. The maximum Gasteiger partial charge on any atom is 0.257 e. The van der Waals surface area contributed by atoms with Gasteiger partial charge in [-0.3, -0.25) is 9.89 Å². The van der Waals surface area contributed by atoms with Crippen LogP contribution in [0.5, 0.6) is 0 Å². The Balaban J connectivity index is 1.75. The number of aromatic nitrogens is 2. The van der Waals surface area contributed by atoms with Crippen molar-refractivity contribution in [3.63, 3.8) is 0 Å². The van der Waals surface area contributed by atoms with Crippen molar-refractivity contribution >= 4 is 22.5 Å². The largest absolute Gasteiger partial charge is 0.322 e. The topological polar surface area (TPSA) is 57.8 Å². The number of carbonyl (C=O) groups is 1. The minimum absolute atomic E-state index is 0.129. The zero-order valence-electron chi connectivity index (χ0n) is 12.6. The summed E-state index contributed by atoms with van der Waals surface area (Å²) < 4.78 is 0. The van der Waals surface area contributed by atoms with Crippen LogP contribution in [0.3, 0.4) is 0 Å². The van der Waals surface area contributed by atoms with Gasteiger partial charge in [-0.25, -0.2) is 0 Å². The van der Waals surface area contributed by atoms with E-state index in [0.717, 1.165) is 23.0 Å². The molecule has 0 fully saturated rings. The fraction of sp³-hybridized carbons (Fsp3) is 0.222. The van der Waals surface area contributed by atoms with Crippen molar-refractivity contribution in [2.45, 2.75) is 26.2 Å². The molecule has 0 saturated heterocycles. The van der Waals surface area contributed by atoms with E-state index in [1.165, 1.54) is 18.4 Å². The van der Waals surface area contributed by atoms with Gasteiger partial charge >= 0.3 is 0 Å². The maximum absolute atomic E-state index is 12.4. The van der Waals surface area contributed by atoms with E-state index in [4.69, 9.17) is 0 Å². The molecule has 3 rings (SSSR count). The third kappa shape index (κ3) is 3.01. The smallest absolute Gasteiger partial charge is 0.257 e. The molecule has 4 heteroatoms. The van der Waals surface area contributed by atoms with Crippen LogP contribution in [0.15, 0.2) is 48.7 Å². The van der Waals surface area contributed by atoms with E-state index >= 15 is 0 Å². The van der Waals surface area contributed by atoms with Gasteiger partial charge in [-0.05, 0) is 36.6 Å². The fourth-order valence-electron chi connectivity index (χ4n) is 2.49. The van der Waals surface area contributed by atoms with Gasteiger partial charge in [0.2, 0.25) is 0 Å². The number of anilines is 1. The Morgan fingerprint density at radius 2 is 2.00 bits per heavy atom. The number of aromatic amines is 1. The van der Waals surface area contributed by atoms with Gasteiger partial charge in [0.1, 0.15) is 0 Å². The van der Waals surface area contributed by atoms with Crippen LogP contribution in [0.1, 0.15) is 35.7 Å². The predicted molar refractivity (Wildman–Crippen MR) is 89.1 cm³/mol. The van der Waals surface area contributed by atoms with E-state index in [-0.39, 0.29) is 5.91 Å². The highest BCUT2D eigenvalue weighted by molar-refractivity contribution is 6.11. The van der Waals surface area contributed by atoms with Crippen molar-refractivity contribution in [3.8, 4) is 0 Å². The second-order valence-corrected chi connectivity index (χ2v) is 5.39. The molecule has 0 aliphatic carbocycles. The van der Waals surface area contributed by atoms with Crippen LogP contribution in [-0.2, 0) is 6.42 Å². The minimum atomic E-state index is -0.129. The zero-order chi connectivity index (χ0) is 15.4. The predicted octanol–water partition coefficient (Wildman–Crippen LogP) is 4.16. The molecule has 0 bridgehead atoms. The summed E-state index contributed by atoms with van der Waals surface area (Å²) in [6.07, 6.45) is 5.17. The highest BCUT2D eigenvalue weighted by Crippen LogP contribution is 2.18. The quantitative estimate of drug-likeness (QED) is 0.742. The number of aryl methyl sites for hydroxylation is 1. The lowest BCUT2D eigenvalue weighted by Crippen LogP contribution is -2.12. The third-order valence-electron chi connectivity index (χ3n) is 3.75. The molecular weight excluding hydrogens is 274 g/mol. The van der Waals surface area contributed by atoms with Crippen LogP contribution in [0.25, 0.3) is 10.9 Å². The van der Waals surface area contributed by atoms with E-state index < -0.39 is 0 Å². The van der Waals surface area contributed by atoms with Gasteiger partial charge in [0.25, 0.3) is 5.91 Å². The van der Waals surface area contributed by atoms with Crippen LogP contribution in [0.4, 0.5) is 5.69 Å². The molecule has 2 aromatic carbocycles. The maximum atomic E-state index is 12.4. The number of hydrogen-bond acceptors (Lipinski definition) is 2. The van der Waals surface area contributed by atoms with Gasteiger partial charge in [0, 0.05) is 11.1 Å². The summed E-state index contributed by atoms with van der Waals surface area (Å²) in [6, 6.07) is 13.6.